The summed E-state index contributed by atoms with van der Waals surface area (Å²) in [7, 11) is 0. The standard InChI is InChI=1S/C19H20N2O3/c1-13(14-7-3-2-4-8-14)17(22)20-12-11-19(24)15-9-5-6-10-16(15)21-18(19)23/h2-10,13,24H,11-12H2,1H3,(H,20,22)(H,21,23). The number of aliphatic hydroxyl groups is 1. The molecule has 1 heterocycles. The van der Waals surface area contributed by atoms with Crippen molar-refractivity contribution in [3.63, 3.8) is 0 Å². The van der Waals surface area contributed by atoms with E-state index >= 15 is 0 Å². The van der Waals surface area contributed by atoms with Gasteiger partial charge in [0, 0.05) is 24.2 Å². The van der Waals surface area contributed by atoms with Gasteiger partial charge in [-0.05, 0) is 18.6 Å². The minimum atomic E-state index is -1.60. The number of carbonyl (C=O) groups excluding carboxylic acids is 2. The van der Waals surface area contributed by atoms with Gasteiger partial charge in [-0.1, -0.05) is 48.5 Å². The SMILES string of the molecule is CC(C(=O)NCCC1(O)C(=O)Nc2ccccc21)c1ccccc1. The van der Waals surface area contributed by atoms with E-state index in [0.717, 1.165) is 5.56 Å². The number of carbonyl (C=O) groups is 2. The van der Waals surface area contributed by atoms with Gasteiger partial charge in [0.15, 0.2) is 5.60 Å². The molecule has 2 aromatic carbocycles. The molecular formula is C19H20N2O3. The molecule has 0 spiro atoms. The summed E-state index contributed by atoms with van der Waals surface area (Å²) in [4.78, 5) is 24.4. The summed E-state index contributed by atoms with van der Waals surface area (Å²) >= 11 is 0. The van der Waals surface area contributed by atoms with E-state index in [1.165, 1.54) is 0 Å². The number of rotatable bonds is 5. The topological polar surface area (TPSA) is 78.4 Å². The van der Waals surface area contributed by atoms with Gasteiger partial charge in [0.2, 0.25) is 5.91 Å². The Morgan fingerprint density at radius 1 is 1.17 bits per heavy atom. The predicted molar refractivity (Wildman–Crippen MR) is 91.5 cm³/mol. The van der Waals surface area contributed by atoms with Gasteiger partial charge in [0.1, 0.15) is 0 Å². The van der Waals surface area contributed by atoms with Crippen LogP contribution >= 0.6 is 0 Å². The van der Waals surface area contributed by atoms with Crippen molar-refractivity contribution in [2.45, 2.75) is 24.9 Å². The quantitative estimate of drug-likeness (QED) is 0.788. The fourth-order valence-corrected chi connectivity index (χ4v) is 2.96. The minimum Gasteiger partial charge on any atom is -0.375 e. The lowest BCUT2D eigenvalue weighted by Gasteiger charge is -2.21. The predicted octanol–water partition coefficient (Wildman–Crippen LogP) is 2.14. The monoisotopic (exact) mass is 324 g/mol. The zero-order valence-corrected chi connectivity index (χ0v) is 13.5. The first kappa shape index (κ1) is 16.2. The first-order valence-corrected chi connectivity index (χ1v) is 7.98. The highest BCUT2D eigenvalue weighted by molar-refractivity contribution is 6.04. The van der Waals surface area contributed by atoms with Crippen LogP contribution in [0, 0.1) is 0 Å². The number of nitrogens with one attached hydrogen (secondary N) is 2. The number of anilines is 1. The second kappa shape index (κ2) is 6.45. The van der Waals surface area contributed by atoms with Crippen LogP contribution < -0.4 is 10.6 Å². The van der Waals surface area contributed by atoms with Crippen molar-refractivity contribution >= 4 is 17.5 Å². The largest absolute Gasteiger partial charge is 0.375 e. The molecule has 2 atom stereocenters. The number of hydrogen-bond donors (Lipinski definition) is 3. The zero-order valence-electron chi connectivity index (χ0n) is 13.5. The highest BCUT2D eigenvalue weighted by Crippen LogP contribution is 2.37. The van der Waals surface area contributed by atoms with Gasteiger partial charge in [0.05, 0.1) is 5.92 Å². The fourth-order valence-electron chi connectivity index (χ4n) is 2.96. The Labute approximate surface area is 140 Å². The molecule has 0 radical (unpaired) electrons. The van der Waals surface area contributed by atoms with Crippen LogP contribution in [0.3, 0.4) is 0 Å². The molecule has 1 aliphatic heterocycles. The molecule has 0 saturated carbocycles. The molecule has 3 N–H and O–H groups in total. The van der Waals surface area contributed by atoms with E-state index in [0.29, 0.717) is 11.3 Å². The first-order chi connectivity index (χ1) is 11.5. The lowest BCUT2D eigenvalue weighted by Crippen LogP contribution is -2.39. The van der Waals surface area contributed by atoms with Gasteiger partial charge in [-0.25, -0.2) is 0 Å². The minimum absolute atomic E-state index is 0.128. The summed E-state index contributed by atoms with van der Waals surface area (Å²) in [6.07, 6.45) is 0.128. The summed E-state index contributed by atoms with van der Waals surface area (Å²) in [6, 6.07) is 16.5. The number of benzene rings is 2. The zero-order chi connectivity index (χ0) is 17.2. The van der Waals surface area contributed by atoms with Gasteiger partial charge < -0.3 is 15.7 Å². The maximum absolute atomic E-state index is 12.3. The summed E-state index contributed by atoms with van der Waals surface area (Å²) in [6.45, 7) is 2.05. The van der Waals surface area contributed by atoms with Gasteiger partial charge in [-0.2, -0.15) is 0 Å². The van der Waals surface area contributed by atoms with E-state index in [2.05, 4.69) is 10.6 Å². The Morgan fingerprint density at radius 2 is 1.83 bits per heavy atom. The Morgan fingerprint density at radius 3 is 2.58 bits per heavy atom. The summed E-state index contributed by atoms with van der Waals surface area (Å²) in [5.74, 6) is -0.865. The molecule has 24 heavy (non-hydrogen) atoms. The van der Waals surface area contributed by atoms with Crippen LogP contribution in [0.1, 0.15) is 30.4 Å². The second-order valence-corrected chi connectivity index (χ2v) is 6.03. The molecule has 0 aliphatic carbocycles. The molecule has 3 rings (SSSR count). The molecule has 5 heteroatoms. The third-order valence-corrected chi connectivity index (χ3v) is 4.48. The summed E-state index contributed by atoms with van der Waals surface area (Å²) in [5.41, 5.74) is 0.506. The Bertz CT molecular complexity index is 760. The summed E-state index contributed by atoms with van der Waals surface area (Å²) in [5, 5.41) is 16.2. The maximum Gasteiger partial charge on any atom is 0.261 e. The van der Waals surface area contributed by atoms with E-state index in [1.54, 1.807) is 24.3 Å². The number of para-hydroxylation sites is 1. The molecule has 0 aromatic heterocycles. The molecular weight excluding hydrogens is 304 g/mol. The fraction of sp³-hybridized carbons (Fsp3) is 0.263. The van der Waals surface area contributed by atoms with Crippen molar-refractivity contribution in [1.29, 1.82) is 0 Å². The van der Waals surface area contributed by atoms with Gasteiger partial charge in [0.25, 0.3) is 5.91 Å². The van der Waals surface area contributed by atoms with Crippen LogP contribution in [0.2, 0.25) is 0 Å². The van der Waals surface area contributed by atoms with E-state index < -0.39 is 11.5 Å². The molecule has 0 saturated heterocycles. The normalized spacial score (nSPS) is 20.2. The third kappa shape index (κ3) is 2.90. The van der Waals surface area contributed by atoms with E-state index in [-0.39, 0.29) is 24.8 Å². The lowest BCUT2D eigenvalue weighted by atomic mass is 9.91. The highest BCUT2D eigenvalue weighted by Gasteiger charge is 2.44. The highest BCUT2D eigenvalue weighted by atomic mass is 16.3. The van der Waals surface area contributed by atoms with E-state index in [1.807, 2.05) is 37.3 Å². The average molecular weight is 324 g/mol. The average Bonchev–Trinajstić information content (AvgIpc) is 2.86. The van der Waals surface area contributed by atoms with Gasteiger partial charge in [-0.3, -0.25) is 9.59 Å². The first-order valence-electron chi connectivity index (χ1n) is 7.98. The molecule has 1 aliphatic rings. The Kier molecular flexibility index (Phi) is 4.36. The van der Waals surface area contributed by atoms with Crippen molar-refractivity contribution in [2.75, 3.05) is 11.9 Å². The number of hydrogen-bond acceptors (Lipinski definition) is 3. The summed E-state index contributed by atoms with van der Waals surface area (Å²) < 4.78 is 0. The van der Waals surface area contributed by atoms with Crippen LogP contribution in [-0.2, 0) is 15.2 Å². The van der Waals surface area contributed by atoms with Gasteiger partial charge in [-0.15, -0.1) is 0 Å². The number of fused-ring (bicyclic) bond motifs is 1. The van der Waals surface area contributed by atoms with Crippen molar-refractivity contribution in [3.05, 3.63) is 65.7 Å². The molecule has 5 nitrogen and oxygen atoms in total. The van der Waals surface area contributed by atoms with Crippen molar-refractivity contribution in [1.82, 2.24) is 5.32 Å². The lowest BCUT2D eigenvalue weighted by molar-refractivity contribution is -0.134. The molecule has 2 aromatic rings. The van der Waals surface area contributed by atoms with Crippen LogP contribution in [0.15, 0.2) is 54.6 Å². The molecule has 124 valence electrons. The van der Waals surface area contributed by atoms with Crippen molar-refractivity contribution < 1.29 is 14.7 Å². The van der Waals surface area contributed by atoms with Gasteiger partial charge >= 0.3 is 0 Å². The van der Waals surface area contributed by atoms with Crippen molar-refractivity contribution in [2.24, 2.45) is 0 Å². The molecule has 0 fully saturated rings. The maximum atomic E-state index is 12.3. The molecule has 2 unspecified atom stereocenters. The number of amides is 2. The molecule has 2 amide bonds. The van der Waals surface area contributed by atoms with E-state index in [4.69, 9.17) is 0 Å². The van der Waals surface area contributed by atoms with Crippen molar-refractivity contribution in [3.8, 4) is 0 Å². The Balaban J connectivity index is 1.62. The van der Waals surface area contributed by atoms with Crippen LogP contribution in [0.25, 0.3) is 0 Å². The Hall–Kier alpha value is -2.66. The second-order valence-electron chi connectivity index (χ2n) is 6.03. The smallest absolute Gasteiger partial charge is 0.261 e. The molecule has 0 bridgehead atoms. The van der Waals surface area contributed by atoms with Crippen LogP contribution in [-0.4, -0.2) is 23.5 Å². The third-order valence-electron chi connectivity index (χ3n) is 4.48. The van der Waals surface area contributed by atoms with Crippen LogP contribution in [0.5, 0.6) is 0 Å². The van der Waals surface area contributed by atoms with E-state index in [9.17, 15) is 14.7 Å². The van der Waals surface area contributed by atoms with Crippen LogP contribution in [0.4, 0.5) is 5.69 Å².